The van der Waals surface area contributed by atoms with Crippen molar-refractivity contribution in [2.75, 3.05) is 19.5 Å². The van der Waals surface area contributed by atoms with E-state index in [0.29, 0.717) is 23.6 Å². The molecule has 0 spiro atoms. The Morgan fingerprint density at radius 1 is 1.05 bits per heavy atom. The first-order valence-electron chi connectivity index (χ1n) is 6.46. The number of nitrogens with two attached hydrogens (primary N) is 1. The highest BCUT2D eigenvalue weighted by molar-refractivity contribution is 6.01. The average Bonchev–Trinajstić information content (AvgIpc) is 2.54. The quantitative estimate of drug-likeness (QED) is 0.799. The second-order valence-corrected chi connectivity index (χ2v) is 4.49. The molecule has 0 unspecified atom stereocenters. The minimum atomic E-state index is -0.612. The van der Waals surface area contributed by atoms with Gasteiger partial charge < -0.3 is 20.5 Å². The molecular formula is C16H16N2O4. The highest BCUT2D eigenvalue weighted by Gasteiger charge is 2.11. The summed E-state index contributed by atoms with van der Waals surface area (Å²) in [7, 11) is 3.13. The Bertz CT molecular complexity index is 691. The van der Waals surface area contributed by atoms with Crippen LogP contribution in [0.1, 0.15) is 10.4 Å². The Balaban J connectivity index is 2.55. The van der Waals surface area contributed by atoms with Gasteiger partial charge in [-0.2, -0.15) is 0 Å². The Hall–Kier alpha value is -3.02. The maximum atomic E-state index is 11.4. The number of rotatable bonds is 6. The van der Waals surface area contributed by atoms with E-state index in [1.807, 2.05) is 12.1 Å². The number of hydrogen-bond acceptors (Lipinski definition) is 4. The first-order valence-corrected chi connectivity index (χ1v) is 6.46. The van der Waals surface area contributed by atoms with Gasteiger partial charge in [0.1, 0.15) is 11.5 Å². The van der Waals surface area contributed by atoms with E-state index in [1.165, 1.54) is 0 Å². The van der Waals surface area contributed by atoms with Crippen LogP contribution in [0.5, 0.6) is 11.5 Å². The van der Waals surface area contributed by atoms with E-state index in [9.17, 15) is 9.59 Å². The van der Waals surface area contributed by atoms with Crippen molar-refractivity contribution in [2.24, 2.45) is 5.73 Å². The molecule has 6 nitrogen and oxygen atoms in total. The number of primary amides is 1. The summed E-state index contributed by atoms with van der Waals surface area (Å²) in [6, 6.07) is 10.4. The molecule has 0 heterocycles. The number of benzene rings is 2. The third-order valence-electron chi connectivity index (χ3n) is 3.18. The number of anilines is 1. The smallest absolute Gasteiger partial charge is 0.250 e. The molecule has 0 aliphatic carbocycles. The number of hydrogen-bond donors (Lipinski definition) is 2. The van der Waals surface area contributed by atoms with Crippen molar-refractivity contribution in [1.29, 1.82) is 0 Å². The maximum Gasteiger partial charge on any atom is 0.250 e. The van der Waals surface area contributed by atoms with Gasteiger partial charge in [-0.1, -0.05) is 6.07 Å². The average molecular weight is 300 g/mol. The monoisotopic (exact) mass is 300 g/mol. The number of ether oxygens (including phenoxy) is 2. The van der Waals surface area contributed by atoms with Gasteiger partial charge in [0, 0.05) is 6.07 Å². The van der Waals surface area contributed by atoms with Crippen molar-refractivity contribution in [3.8, 4) is 22.6 Å². The van der Waals surface area contributed by atoms with Crippen molar-refractivity contribution in [3.63, 3.8) is 0 Å². The summed E-state index contributed by atoms with van der Waals surface area (Å²) in [5.74, 6) is 0.663. The Morgan fingerprint density at radius 3 is 2.18 bits per heavy atom. The molecule has 114 valence electrons. The number of methoxy groups -OCH3 is 2. The summed E-state index contributed by atoms with van der Waals surface area (Å²) in [4.78, 5) is 22.1. The van der Waals surface area contributed by atoms with Crippen molar-refractivity contribution < 1.29 is 19.1 Å². The topological polar surface area (TPSA) is 90.7 Å². The van der Waals surface area contributed by atoms with Gasteiger partial charge >= 0.3 is 0 Å². The van der Waals surface area contributed by atoms with Crippen molar-refractivity contribution in [2.45, 2.75) is 0 Å². The third kappa shape index (κ3) is 3.17. The van der Waals surface area contributed by atoms with Crippen molar-refractivity contribution in [3.05, 3.63) is 42.0 Å². The molecular weight excluding hydrogens is 284 g/mol. The largest absolute Gasteiger partial charge is 0.497 e. The summed E-state index contributed by atoms with van der Waals surface area (Å²) in [5.41, 5.74) is 7.48. The van der Waals surface area contributed by atoms with Crippen molar-refractivity contribution in [1.82, 2.24) is 0 Å². The standard InChI is InChI=1S/C16H16N2O4/c1-21-12-5-11(6-13(8-12)22-2)10-3-4-14(16(17)20)15(7-10)18-9-19/h3-9H,1-2H3,(H2,17,20)(H,18,19). The van der Waals surface area contributed by atoms with Gasteiger partial charge in [-0.3, -0.25) is 9.59 Å². The van der Waals surface area contributed by atoms with Crippen LogP contribution >= 0.6 is 0 Å². The number of nitrogens with one attached hydrogen (secondary N) is 1. The zero-order chi connectivity index (χ0) is 16.1. The van der Waals surface area contributed by atoms with E-state index < -0.39 is 5.91 Å². The summed E-state index contributed by atoms with van der Waals surface area (Å²) in [5, 5.41) is 2.48. The lowest BCUT2D eigenvalue weighted by Crippen LogP contribution is -2.14. The fraction of sp³-hybridized carbons (Fsp3) is 0.125. The highest BCUT2D eigenvalue weighted by atomic mass is 16.5. The normalized spacial score (nSPS) is 9.91. The predicted molar refractivity (Wildman–Crippen MR) is 83.2 cm³/mol. The summed E-state index contributed by atoms with van der Waals surface area (Å²) in [6.45, 7) is 0. The van der Waals surface area contributed by atoms with Gasteiger partial charge in [-0.15, -0.1) is 0 Å². The molecule has 0 saturated carbocycles. The molecule has 0 atom stereocenters. The van der Waals surface area contributed by atoms with Crippen LogP contribution in [-0.2, 0) is 4.79 Å². The van der Waals surface area contributed by atoms with Gasteiger partial charge in [-0.05, 0) is 35.4 Å². The second-order valence-electron chi connectivity index (χ2n) is 4.49. The molecule has 22 heavy (non-hydrogen) atoms. The van der Waals surface area contributed by atoms with Crippen LogP contribution in [0.15, 0.2) is 36.4 Å². The zero-order valence-electron chi connectivity index (χ0n) is 12.3. The molecule has 2 amide bonds. The minimum absolute atomic E-state index is 0.241. The Morgan fingerprint density at radius 2 is 1.68 bits per heavy atom. The molecule has 0 fully saturated rings. The summed E-state index contributed by atoms with van der Waals surface area (Å²) >= 11 is 0. The van der Waals surface area contributed by atoms with E-state index in [4.69, 9.17) is 15.2 Å². The van der Waals surface area contributed by atoms with Gasteiger partial charge in [0.15, 0.2) is 0 Å². The molecule has 6 heteroatoms. The fourth-order valence-electron chi connectivity index (χ4n) is 2.10. The number of carbonyl (C=O) groups excluding carboxylic acids is 2. The Labute approximate surface area is 127 Å². The predicted octanol–water partition coefficient (Wildman–Crippen LogP) is 2.04. The molecule has 0 saturated heterocycles. The molecule has 0 aromatic heterocycles. The molecule has 0 aliphatic rings. The second kappa shape index (κ2) is 6.62. The van der Waals surface area contributed by atoms with E-state index in [2.05, 4.69) is 5.32 Å². The summed E-state index contributed by atoms with van der Waals surface area (Å²) in [6.07, 6.45) is 0.498. The lowest BCUT2D eigenvalue weighted by Gasteiger charge is -2.11. The fourth-order valence-corrected chi connectivity index (χ4v) is 2.10. The van der Waals surface area contributed by atoms with E-state index in [1.54, 1.807) is 38.5 Å². The van der Waals surface area contributed by atoms with Gasteiger partial charge in [0.05, 0.1) is 25.5 Å². The lowest BCUT2D eigenvalue weighted by atomic mass is 10.0. The van der Waals surface area contributed by atoms with Crippen LogP contribution in [0.4, 0.5) is 5.69 Å². The van der Waals surface area contributed by atoms with Crippen LogP contribution in [-0.4, -0.2) is 26.5 Å². The molecule has 0 aliphatic heterocycles. The molecule has 0 radical (unpaired) electrons. The minimum Gasteiger partial charge on any atom is -0.497 e. The number of amides is 2. The van der Waals surface area contributed by atoms with Gasteiger partial charge in [0.2, 0.25) is 6.41 Å². The van der Waals surface area contributed by atoms with Crippen LogP contribution in [0.2, 0.25) is 0 Å². The van der Waals surface area contributed by atoms with E-state index in [0.717, 1.165) is 11.1 Å². The van der Waals surface area contributed by atoms with Crippen LogP contribution in [0.3, 0.4) is 0 Å². The van der Waals surface area contributed by atoms with Crippen molar-refractivity contribution >= 4 is 18.0 Å². The van der Waals surface area contributed by atoms with Gasteiger partial charge in [-0.25, -0.2) is 0 Å². The first-order chi connectivity index (χ1) is 10.6. The van der Waals surface area contributed by atoms with E-state index in [-0.39, 0.29) is 5.56 Å². The third-order valence-corrected chi connectivity index (χ3v) is 3.18. The lowest BCUT2D eigenvalue weighted by molar-refractivity contribution is -0.105. The molecule has 0 bridgehead atoms. The molecule has 3 N–H and O–H groups in total. The SMILES string of the molecule is COc1cc(OC)cc(-c2ccc(C(N)=O)c(NC=O)c2)c1. The maximum absolute atomic E-state index is 11.4. The van der Waals surface area contributed by atoms with E-state index >= 15 is 0 Å². The summed E-state index contributed by atoms with van der Waals surface area (Å²) < 4.78 is 10.5. The molecule has 2 aromatic rings. The zero-order valence-corrected chi connectivity index (χ0v) is 12.3. The molecule has 2 aromatic carbocycles. The number of carbonyl (C=O) groups is 2. The van der Waals surface area contributed by atoms with Crippen LogP contribution < -0.4 is 20.5 Å². The first kappa shape index (κ1) is 15.4. The van der Waals surface area contributed by atoms with Crippen LogP contribution in [0.25, 0.3) is 11.1 Å². The Kier molecular flexibility index (Phi) is 4.63. The highest BCUT2D eigenvalue weighted by Crippen LogP contribution is 2.32. The van der Waals surface area contributed by atoms with Crippen LogP contribution in [0, 0.1) is 0 Å². The van der Waals surface area contributed by atoms with Gasteiger partial charge in [0.25, 0.3) is 5.91 Å². The molecule has 2 rings (SSSR count).